The van der Waals surface area contributed by atoms with Crippen molar-refractivity contribution in [3.05, 3.63) is 35.1 Å². The van der Waals surface area contributed by atoms with Crippen LogP contribution in [0.15, 0.2) is 12.1 Å². The summed E-state index contributed by atoms with van der Waals surface area (Å²) in [6.07, 6.45) is 3.21. The SMILES string of the molecule is Cl.Cl.Fc1ccc([C@H](C2CCC2)N2CCNCC2)c(F)c1F. The number of benzene rings is 1. The molecule has 1 aliphatic carbocycles. The number of rotatable bonds is 3. The summed E-state index contributed by atoms with van der Waals surface area (Å²) in [5.41, 5.74) is 0.315. The molecule has 0 aromatic heterocycles. The summed E-state index contributed by atoms with van der Waals surface area (Å²) >= 11 is 0. The maximum absolute atomic E-state index is 14.1. The van der Waals surface area contributed by atoms with Crippen LogP contribution in [-0.4, -0.2) is 31.1 Å². The van der Waals surface area contributed by atoms with Crippen LogP contribution >= 0.6 is 24.8 Å². The normalized spacial score (nSPS) is 20.5. The van der Waals surface area contributed by atoms with E-state index in [1.807, 2.05) is 0 Å². The number of nitrogens with one attached hydrogen (secondary N) is 1. The Morgan fingerprint density at radius 3 is 2.18 bits per heavy atom. The lowest BCUT2D eigenvalue weighted by Crippen LogP contribution is -2.48. The van der Waals surface area contributed by atoms with E-state index in [0.717, 1.165) is 51.5 Å². The van der Waals surface area contributed by atoms with E-state index in [9.17, 15) is 13.2 Å². The Bertz CT molecular complexity index is 492. The minimum Gasteiger partial charge on any atom is -0.314 e. The molecule has 2 nitrogen and oxygen atoms in total. The van der Waals surface area contributed by atoms with Crippen LogP contribution in [0.25, 0.3) is 0 Å². The molecule has 1 saturated heterocycles. The number of piperazine rings is 1. The van der Waals surface area contributed by atoms with E-state index in [2.05, 4.69) is 10.2 Å². The fourth-order valence-electron chi connectivity index (χ4n) is 3.23. The third-order valence-corrected chi connectivity index (χ3v) is 4.53. The van der Waals surface area contributed by atoms with Gasteiger partial charge in [0, 0.05) is 37.8 Å². The smallest absolute Gasteiger partial charge is 0.194 e. The molecule has 1 atom stereocenters. The highest BCUT2D eigenvalue weighted by atomic mass is 35.5. The maximum Gasteiger partial charge on any atom is 0.194 e. The van der Waals surface area contributed by atoms with Gasteiger partial charge in [0.05, 0.1) is 0 Å². The van der Waals surface area contributed by atoms with Gasteiger partial charge in [-0.2, -0.15) is 0 Å². The molecule has 0 spiro atoms. The van der Waals surface area contributed by atoms with Gasteiger partial charge in [-0.25, -0.2) is 13.2 Å². The van der Waals surface area contributed by atoms with Gasteiger partial charge in [0.1, 0.15) is 0 Å². The van der Waals surface area contributed by atoms with Gasteiger partial charge in [-0.05, 0) is 24.8 Å². The maximum atomic E-state index is 14.1. The van der Waals surface area contributed by atoms with Gasteiger partial charge < -0.3 is 5.32 Å². The van der Waals surface area contributed by atoms with Gasteiger partial charge in [-0.3, -0.25) is 4.90 Å². The summed E-state index contributed by atoms with van der Waals surface area (Å²) in [5.74, 6) is -3.12. The molecule has 2 fully saturated rings. The second-order valence-corrected chi connectivity index (χ2v) is 5.69. The van der Waals surface area contributed by atoms with E-state index in [-0.39, 0.29) is 30.9 Å². The molecule has 7 heteroatoms. The molecule has 22 heavy (non-hydrogen) atoms. The van der Waals surface area contributed by atoms with Crippen molar-refractivity contribution in [3.8, 4) is 0 Å². The third-order valence-electron chi connectivity index (χ3n) is 4.53. The Morgan fingerprint density at radius 2 is 1.64 bits per heavy atom. The highest BCUT2D eigenvalue weighted by Crippen LogP contribution is 2.42. The molecule has 0 unspecified atom stereocenters. The van der Waals surface area contributed by atoms with E-state index in [1.165, 1.54) is 6.07 Å². The van der Waals surface area contributed by atoms with E-state index < -0.39 is 17.5 Å². The molecule has 1 aliphatic heterocycles. The summed E-state index contributed by atoms with van der Waals surface area (Å²) in [4.78, 5) is 2.20. The van der Waals surface area contributed by atoms with Crippen LogP contribution < -0.4 is 5.32 Å². The van der Waals surface area contributed by atoms with Crippen molar-refractivity contribution in [2.24, 2.45) is 5.92 Å². The first kappa shape index (κ1) is 19.6. The van der Waals surface area contributed by atoms with Crippen molar-refractivity contribution >= 4 is 24.8 Å². The van der Waals surface area contributed by atoms with E-state index in [1.54, 1.807) is 0 Å². The van der Waals surface area contributed by atoms with Crippen LogP contribution in [-0.2, 0) is 0 Å². The predicted molar refractivity (Wildman–Crippen MR) is 85.3 cm³/mol. The van der Waals surface area contributed by atoms with Gasteiger partial charge >= 0.3 is 0 Å². The Hall–Kier alpha value is -0.490. The first-order valence-electron chi connectivity index (χ1n) is 7.26. The van der Waals surface area contributed by atoms with Crippen LogP contribution in [0, 0.1) is 23.4 Å². The van der Waals surface area contributed by atoms with Crippen LogP contribution in [0.1, 0.15) is 30.9 Å². The highest BCUT2D eigenvalue weighted by molar-refractivity contribution is 5.85. The molecule has 1 N–H and O–H groups in total. The van der Waals surface area contributed by atoms with Gasteiger partial charge in [0.2, 0.25) is 0 Å². The van der Waals surface area contributed by atoms with E-state index in [4.69, 9.17) is 0 Å². The number of halogens is 5. The Labute approximate surface area is 141 Å². The highest BCUT2D eigenvalue weighted by Gasteiger charge is 2.36. The monoisotopic (exact) mass is 356 g/mol. The first-order chi connectivity index (χ1) is 9.68. The minimum atomic E-state index is -1.35. The summed E-state index contributed by atoms with van der Waals surface area (Å²) in [7, 11) is 0. The fourth-order valence-corrected chi connectivity index (χ4v) is 3.23. The molecule has 1 saturated carbocycles. The lowest BCUT2D eigenvalue weighted by molar-refractivity contribution is 0.0805. The van der Waals surface area contributed by atoms with Crippen molar-refractivity contribution in [1.82, 2.24) is 10.2 Å². The molecule has 0 bridgehead atoms. The molecule has 1 heterocycles. The number of hydrogen-bond acceptors (Lipinski definition) is 2. The Morgan fingerprint density at radius 1 is 1.00 bits per heavy atom. The van der Waals surface area contributed by atoms with Crippen molar-refractivity contribution in [3.63, 3.8) is 0 Å². The van der Waals surface area contributed by atoms with Crippen LogP contribution in [0.4, 0.5) is 13.2 Å². The zero-order chi connectivity index (χ0) is 14.1. The standard InChI is InChI=1S/C15H19F3N2.2ClH/c16-12-5-4-11(13(17)14(12)18)15(10-2-1-3-10)20-8-6-19-7-9-20;;/h4-5,10,15,19H,1-3,6-9H2;2*1H/t15-;;/m0../s1. The second-order valence-electron chi connectivity index (χ2n) is 5.69. The van der Waals surface area contributed by atoms with Crippen LogP contribution in [0.5, 0.6) is 0 Å². The molecule has 1 aromatic carbocycles. The number of hydrogen-bond donors (Lipinski definition) is 1. The molecule has 3 rings (SSSR count). The molecule has 0 radical (unpaired) electrons. The summed E-state index contributed by atoms with van der Waals surface area (Å²) in [6.45, 7) is 3.35. The number of nitrogens with zero attached hydrogens (tertiary/aromatic N) is 1. The van der Waals surface area contributed by atoms with Crippen molar-refractivity contribution < 1.29 is 13.2 Å². The minimum absolute atomic E-state index is 0. The van der Waals surface area contributed by atoms with E-state index >= 15 is 0 Å². The second kappa shape index (κ2) is 8.39. The van der Waals surface area contributed by atoms with Gasteiger partial charge in [-0.15, -0.1) is 24.8 Å². The zero-order valence-corrected chi connectivity index (χ0v) is 13.8. The van der Waals surface area contributed by atoms with Gasteiger partial charge in [-0.1, -0.05) is 12.5 Å². The largest absolute Gasteiger partial charge is 0.314 e. The average molecular weight is 357 g/mol. The Balaban J connectivity index is 0.00000121. The van der Waals surface area contributed by atoms with Gasteiger partial charge in [0.25, 0.3) is 0 Å². The first-order valence-corrected chi connectivity index (χ1v) is 7.26. The summed E-state index contributed by atoms with van der Waals surface area (Å²) in [6, 6.07) is 2.33. The van der Waals surface area contributed by atoms with Crippen molar-refractivity contribution in [2.75, 3.05) is 26.2 Å². The average Bonchev–Trinajstić information content (AvgIpc) is 2.42. The van der Waals surface area contributed by atoms with Crippen molar-refractivity contribution in [2.45, 2.75) is 25.3 Å². The lowest BCUT2D eigenvalue weighted by Gasteiger charge is -2.43. The molecule has 1 aromatic rings. The van der Waals surface area contributed by atoms with E-state index in [0.29, 0.717) is 11.5 Å². The molecule has 126 valence electrons. The Kier molecular flexibility index (Phi) is 7.46. The summed E-state index contributed by atoms with van der Waals surface area (Å²) in [5, 5.41) is 3.26. The van der Waals surface area contributed by atoms with Crippen LogP contribution in [0.2, 0.25) is 0 Å². The quantitative estimate of drug-likeness (QED) is 0.830. The zero-order valence-electron chi connectivity index (χ0n) is 12.2. The molecule has 0 amide bonds. The van der Waals surface area contributed by atoms with Crippen molar-refractivity contribution in [1.29, 1.82) is 0 Å². The molecular weight excluding hydrogens is 336 g/mol. The third kappa shape index (κ3) is 3.70. The van der Waals surface area contributed by atoms with Gasteiger partial charge in [0.15, 0.2) is 17.5 Å². The summed E-state index contributed by atoms with van der Waals surface area (Å²) < 4.78 is 40.8. The fraction of sp³-hybridized carbons (Fsp3) is 0.600. The van der Waals surface area contributed by atoms with Crippen LogP contribution in [0.3, 0.4) is 0 Å². The molecular formula is C15H21Cl2F3N2. The topological polar surface area (TPSA) is 15.3 Å². The lowest BCUT2D eigenvalue weighted by atomic mass is 9.76. The predicted octanol–water partition coefficient (Wildman–Crippen LogP) is 3.69. The molecule has 2 aliphatic rings.